The Balaban J connectivity index is 0.00000364. The van der Waals surface area contributed by atoms with E-state index in [0.717, 1.165) is 81.5 Å². The standard InChI is InChI=1S/C18H32N6OS.HI/c1-14-23-16(13-26-14)5-9-22-18(20-2)21-8-3-4-10-24-11-6-15(7-12-24)17(19)25;/h13,15H,3-12H2,1-2H3,(H2,19,25)(H2,20,21,22);1H. The van der Waals surface area contributed by atoms with Gasteiger partial charge >= 0.3 is 0 Å². The van der Waals surface area contributed by atoms with Gasteiger partial charge in [-0.1, -0.05) is 0 Å². The fourth-order valence-electron chi connectivity index (χ4n) is 3.16. The minimum atomic E-state index is -0.141. The molecule has 7 nitrogen and oxygen atoms in total. The number of piperidine rings is 1. The first kappa shape index (κ1) is 24.1. The summed E-state index contributed by atoms with van der Waals surface area (Å²) in [7, 11) is 1.80. The zero-order chi connectivity index (χ0) is 18.8. The van der Waals surface area contributed by atoms with E-state index in [1.807, 2.05) is 6.92 Å². The van der Waals surface area contributed by atoms with Crippen LogP contribution < -0.4 is 16.4 Å². The van der Waals surface area contributed by atoms with Crippen LogP contribution in [-0.2, 0) is 11.2 Å². The SMILES string of the molecule is CN=C(NCCCCN1CCC(C(N)=O)CC1)NCCc1csc(C)n1.I. The fraction of sp³-hybridized carbons (Fsp3) is 0.722. The maximum absolute atomic E-state index is 11.2. The summed E-state index contributed by atoms with van der Waals surface area (Å²) in [6.07, 6.45) is 4.96. The smallest absolute Gasteiger partial charge is 0.220 e. The minimum Gasteiger partial charge on any atom is -0.369 e. The number of hydrogen-bond acceptors (Lipinski definition) is 5. The van der Waals surface area contributed by atoms with E-state index < -0.39 is 0 Å². The summed E-state index contributed by atoms with van der Waals surface area (Å²) in [6, 6.07) is 0. The number of aryl methyl sites for hydroxylation is 1. The van der Waals surface area contributed by atoms with Gasteiger partial charge in [-0.15, -0.1) is 35.3 Å². The van der Waals surface area contributed by atoms with Crippen LogP contribution in [0.3, 0.4) is 0 Å². The second kappa shape index (κ2) is 13.3. The Hall–Kier alpha value is -0.940. The molecule has 0 spiro atoms. The van der Waals surface area contributed by atoms with E-state index in [4.69, 9.17) is 5.73 Å². The molecule has 0 bridgehead atoms. The number of guanidine groups is 1. The number of halogens is 1. The highest BCUT2D eigenvalue weighted by atomic mass is 127. The lowest BCUT2D eigenvalue weighted by Crippen LogP contribution is -2.40. The van der Waals surface area contributed by atoms with Gasteiger partial charge in [0.15, 0.2) is 5.96 Å². The third-order valence-electron chi connectivity index (χ3n) is 4.75. The molecule has 1 aliphatic heterocycles. The summed E-state index contributed by atoms with van der Waals surface area (Å²) in [5.41, 5.74) is 6.51. The third kappa shape index (κ3) is 9.20. The number of nitrogens with zero attached hydrogens (tertiary/aromatic N) is 3. The van der Waals surface area contributed by atoms with Gasteiger partial charge in [0.2, 0.25) is 5.91 Å². The van der Waals surface area contributed by atoms with Crippen molar-refractivity contribution in [1.29, 1.82) is 0 Å². The van der Waals surface area contributed by atoms with Crippen LogP contribution >= 0.6 is 35.3 Å². The Kier molecular flexibility index (Phi) is 11.8. The van der Waals surface area contributed by atoms with Gasteiger partial charge in [0.05, 0.1) is 10.7 Å². The second-order valence-electron chi connectivity index (χ2n) is 6.76. The number of likely N-dealkylation sites (tertiary alicyclic amines) is 1. The van der Waals surface area contributed by atoms with Crippen molar-refractivity contribution in [2.45, 2.75) is 39.0 Å². The van der Waals surface area contributed by atoms with Crippen LogP contribution in [0.4, 0.5) is 0 Å². The monoisotopic (exact) mass is 508 g/mol. The summed E-state index contributed by atoms with van der Waals surface area (Å²) < 4.78 is 0. The van der Waals surface area contributed by atoms with Crippen molar-refractivity contribution < 1.29 is 4.79 Å². The predicted octanol–water partition coefficient (Wildman–Crippen LogP) is 1.75. The van der Waals surface area contributed by atoms with Gasteiger partial charge in [-0.05, 0) is 52.2 Å². The molecule has 4 N–H and O–H groups in total. The summed E-state index contributed by atoms with van der Waals surface area (Å²) in [5.74, 6) is 0.785. The number of primary amides is 1. The Morgan fingerprint density at radius 3 is 2.63 bits per heavy atom. The average Bonchev–Trinajstić information content (AvgIpc) is 3.05. The lowest BCUT2D eigenvalue weighted by atomic mass is 9.96. The molecule has 2 heterocycles. The van der Waals surface area contributed by atoms with E-state index in [1.54, 1.807) is 18.4 Å². The molecule has 0 radical (unpaired) electrons. The van der Waals surface area contributed by atoms with E-state index in [9.17, 15) is 4.79 Å². The van der Waals surface area contributed by atoms with Crippen LogP contribution in [0.15, 0.2) is 10.4 Å². The largest absolute Gasteiger partial charge is 0.369 e. The number of hydrogen-bond donors (Lipinski definition) is 3. The van der Waals surface area contributed by atoms with Crippen molar-refractivity contribution in [2.24, 2.45) is 16.6 Å². The molecule has 0 aliphatic carbocycles. The molecule has 1 amide bonds. The summed E-state index contributed by atoms with van der Waals surface area (Å²) in [4.78, 5) is 22.3. The highest BCUT2D eigenvalue weighted by molar-refractivity contribution is 14.0. The average molecular weight is 508 g/mol. The first-order valence-corrected chi connectivity index (χ1v) is 10.3. The molecule has 1 aliphatic rings. The maximum Gasteiger partial charge on any atom is 0.220 e. The Morgan fingerprint density at radius 2 is 2.04 bits per heavy atom. The van der Waals surface area contributed by atoms with Crippen molar-refractivity contribution in [3.05, 3.63) is 16.1 Å². The van der Waals surface area contributed by atoms with Crippen molar-refractivity contribution in [1.82, 2.24) is 20.5 Å². The van der Waals surface area contributed by atoms with Crippen molar-refractivity contribution in [2.75, 3.05) is 39.8 Å². The second-order valence-corrected chi connectivity index (χ2v) is 7.82. The normalized spacial score (nSPS) is 16.0. The molecule has 1 aromatic rings. The molecule has 0 atom stereocenters. The van der Waals surface area contributed by atoms with Crippen LogP contribution in [0.2, 0.25) is 0 Å². The lowest BCUT2D eigenvalue weighted by Gasteiger charge is -2.30. The molecule has 9 heteroatoms. The molecule has 1 fully saturated rings. The number of aliphatic imine (C=N–C) groups is 1. The Bertz CT molecular complexity index is 586. The molecule has 2 rings (SSSR count). The number of unbranched alkanes of at least 4 members (excludes halogenated alkanes) is 1. The van der Waals surface area contributed by atoms with Crippen LogP contribution in [0, 0.1) is 12.8 Å². The summed E-state index contributed by atoms with van der Waals surface area (Å²) in [6.45, 7) is 6.83. The van der Waals surface area contributed by atoms with E-state index >= 15 is 0 Å². The number of rotatable bonds is 9. The number of thiazole rings is 1. The van der Waals surface area contributed by atoms with Gasteiger partial charge in [0.1, 0.15) is 0 Å². The highest BCUT2D eigenvalue weighted by Gasteiger charge is 2.22. The molecule has 0 unspecified atom stereocenters. The molecular weight excluding hydrogens is 475 g/mol. The first-order chi connectivity index (χ1) is 12.6. The molecule has 1 saturated heterocycles. The van der Waals surface area contributed by atoms with Crippen molar-refractivity contribution in [3.8, 4) is 0 Å². The highest BCUT2D eigenvalue weighted by Crippen LogP contribution is 2.16. The molecule has 0 aromatic carbocycles. The topological polar surface area (TPSA) is 95.6 Å². The molecular formula is C18H33IN6OS. The first-order valence-electron chi connectivity index (χ1n) is 9.45. The molecule has 1 aromatic heterocycles. The Labute approximate surface area is 183 Å². The van der Waals surface area contributed by atoms with E-state index in [2.05, 4.69) is 30.9 Å². The molecule has 0 saturated carbocycles. The number of amides is 1. The van der Waals surface area contributed by atoms with Crippen molar-refractivity contribution in [3.63, 3.8) is 0 Å². The zero-order valence-corrected chi connectivity index (χ0v) is 19.5. The predicted molar refractivity (Wildman–Crippen MR) is 123 cm³/mol. The lowest BCUT2D eigenvalue weighted by molar-refractivity contribution is -0.123. The van der Waals surface area contributed by atoms with E-state index in [-0.39, 0.29) is 35.8 Å². The molecule has 154 valence electrons. The van der Waals surface area contributed by atoms with Crippen LogP contribution in [0.5, 0.6) is 0 Å². The fourth-order valence-corrected chi connectivity index (χ4v) is 3.81. The van der Waals surface area contributed by atoms with Gasteiger partial charge in [-0.2, -0.15) is 0 Å². The quantitative estimate of drug-likeness (QED) is 0.205. The number of nitrogens with two attached hydrogens (primary N) is 1. The Morgan fingerprint density at radius 1 is 1.33 bits per heavy atom. The van der Waals surface area contributed by atoms with Gasteiger partial charge in [0.25, 0.3) is 0 Å². The summed E-state index contributed by atoms with van der Waals surface area (Å²) >= 11 is 1.69. The minimum absolute atomic E-state index is 0. The van der Waals surface area contributed by atoms with Crippen LogP contribution in [-0.4, -0.2) is 61.5 Å². The van der Waals surface area contributed by atoms with Crippen LogP contribution in [0.25, 0.3) is 0 Å². The van der Waals surface area contributed by atoms with Gasteiger partial charge in [-0.3, -0.25) is 9.79 Å². The maximum atomic E-state index is 11.2. The third-order valence-corrected chi connectivity index (χ3v) is 5.57. The van der Waals surface area contributed by atoms with E-state index in [0.29, 0.717) is 0 Å². The zero-order valence-electron chi connectivity index (χ0n) is 16.4. The van der Waals surface area contributed by atoms with Gasteiger partial charge in [-0.25, -0.2) is 4.98 Å². The van der Waals surface area contributed by atoms with E-state index in [1.165, 1.54) is 0 Å². The summed E-state index contributed by atoms with van der Waals surface area (Å²) in [5, 5.41) is 9.92. The number of carbonyl (C=O) groups excluding carboxylic acids is 1. The van der Waals surface area contributed by atoms with Gasteiger partial charge < -0.3 is 21.3 Å². The van der Waals surface area contributed by atoms with Gasteiger partial charge in [0, 0.05) is 37.9 Å². The molecule has 27 heavy (non-hydrogen) atoms. The van der Waals surface area contributed by atoms with Crippen LogP contribution in [0.1, 0.15) is 36.4 Å². The number of nitrogens with one attached hydrogen (secondary N) is 2. The number of carbonyl (C=O) groups is 1. The van der Waals surface area contributed by atoms with Crippen molar-refractivity contribution >= 4 is 47.2 Å². The number of aromatic nitrogens is 1.